The highest BCUT2D eigenvalue weighted by Crippen LogP contribution is 2.52. The Morgan fingerprint density at radius 2 is 1.73 bits per heavy atom. The van der Waals surface area contributed by atoms with E-state index in [0.29, 0.717) is 22.3 Å². The molecule has 0 bridgehead atoms. The summed E-state index contributed by atoms with van der Waals surface area (Å²) in [6.07, 6.45) is 1.73. The van der Waals surface area contributed by atoms with E-state index in [-0.39, 0.29) is 28.7 Å². The minimum absolute atomic E-state index is 0.0119. The predicted molar refractivity (Wildman–Crippen MR) is 105 cm³/mol. The van der Waals surface area contributed by atoms with Crippen molar-refractivity contribution in [3.05, 3.63) is 28.2 Å². The molecule has 1 aliphatic heterocycles. The van der Waals surface area contributed by atoms with Crippen molar-refractivity contribution in [1.82, 2.24) is 10.2 Å². The first kappa shape index (κ1) is 19.5. The number of hydrogen-bond donors (Lipinski definition) is 2. The van der Waals surface area contributed by atoms with Crippen LogP contribution >= 0.6 is 23.2 Å². The first-order chi connectivity index (χ1) is 12.0. The number of halogens is 2. The molecule has 5 nitrogen and oxygen atoms in total. The Morgan fingerprint density at radius 1 is 1.15 bits per heavy atom. The van der Waals surface area contributed by atoms with Crippen LogP contribution in [0.25, 0.3) is 0 Å². The maximum atomic E-state index is 12.4. The molecule has 2 aliphatic rings. The van der Waals surface area contributed by atoms with Crippen LogP contribution in [0.4, 0.5) is 5.69 Å². The van der Waals surface area contributed by atoms with Gasteiger partial charge in [-0.15, -0.1) is 0 Å². The van der Waals surface area contributed by atoms with Crippen molar-refractivity contribution in [1.29, 1.82) is 0 Å². The molecular weight excluding hydrogens is 373 g/mol. The number of amides is 2. The average molecular weight is 398 g/mol. The summed E-state index contributed by atoms with van der Waals surface area (Å²) in [5, 5.41) is 6.88. The van der Waals surface area contributed by atoms with Crippen LogP contribution in [0.15, 0.2) is 18.2 Å². The number of hydrogen-bond acceptors (Lipinski definition) is 3. The molecule has 0 aromatic heterocycles. The molecule has 1 aromatic carbocycles. The van der Waals surface area contributed by atoms with Gasteiger partial charge in [-0.25, -0.2) is 0 Å². The Kier molecular flexibility index (Phi) is 5.26. The predicted octanol–water partition coefficient (Wildman–Crippen LogP) is 3.56. The molecule has 1 aliphatic carbocycles. The first-order valence-corrected chi connectivity index (χ1v) is 9.60. The second-order valence-corrected chi connectivity index (χ2v) is 9.57. The van der Waals surface area contributed by atoms with Gasteiger partial charge in [-0.2, -0.15) is 0 Å². The molecular formula is C19H25Cl2N3O2. The van der Waals surface area contributed by atoms with E-state index in [2.05, 4.69) is 15.5 Å². The van der Waals surface area contributed by atoms with Gasteiger partial charge < -0.3 is 10.6 Å². The van der Waals surface area contributed by atoms with E-state index < -0.39 is 0 Å². The van der Waals surface area contributed by atoms with E-state index >= 15 is 0 Å². The number of carbonyl (C=O) groups excluding carboxylic acids is 2. The Balaban J connectivity index is 1.42. The zero-order valence-corrected chi connectivity index (χ0v) is 16.9. The molecule has 1 saturated heterocycles. The average Bonchev–Trinajstić information content (AvgIpc) is 2.36. The zero-order valence-electron chi connectivity index (χ0n) is 15.4. The SMILES string of the molecule is CC(C)(C)NC(=O)CN1CC2(CC(C(=O)Nc3cc(Cl)cc(Cl)c3)C2)C1. The quantitative estimate of drug-likeness (QED) is 0.816. The molecule has 2 N–H and O–H groups in total. The summed E-state index contributed by atoms with van der Waals surface area (Å²) in [7, 11) is 0. The van der Waals surface area contributed by atoms with E-state index in [0.717, 1.165) is 25.9 Å². The third-order valence-electron chi connectivity index (χ3n) is 4.86. The fourth-order valence-electron chi connectivity index (χ4n) is 3.97. The van der Waals surface area contributed by atoms with Gasteiger partial charge in [0.1, 0.15) is 0 Å². The number of benzene rings is 1. The second-order valence-electron chi connectivity index (χ2n) is 8.70. The molecule has 26 heavy (non-hydrogen) atoms. The zero-order chi connectivity index (χ0) is 19.1. The summed E-state index contributed by atoms with van der Waals surface area (Å²) < 4.78 is 0. The number of nitrogens with one attached hydrogen (secondary N) is 2. The largest absolute Gasteiger partial charge is 0.350 e. The molecule has 1 aromatic rings. The minimum atomic E-state index is -0.206. The van der Waals surface area contributed by atoms with E-state index in [9.17, 15) is 9.59 Å². The summed E-state index contributed by atoms with van der Waals surface area (Å²) in [4.78, 5) is 26.5. The summed E-state index contributed by atoms with van der Waals surface area (Å²) in [6.45, 7) is 8.13. The van der Waals surface area contributed by atoms with Gasteiger partial charge in [-0.3, -0.25) is 14.5 Å². The Bertz CT molecular complexity index is 696. The maximum absolute atomic E-state index is 12.4. The van der Waals surface area contributed by atoms with Crippen LogP contribution in [-0.2, 0) is 9.59 Å². The highest BCUT2D eigenvalue weighted by atomic mass is 35.5. The van der Waals surface area contributed by atoms with Gasteiger partial charge in [0, 0.05) is 40.3 Å². The van der Waals surface area contributed by atoms with Crippen molar-refractivity contribution in [3.63, 3.8) is 0 Å². The summed E-state index contributed by atoms with van der Waals surface area (Å²) in [6, 6.07) is 5.02. The lowest BCUT2D eigenvalue weighted by Gasteiger charge is -2.58. The van der Waals surface area contributed by atoms with Crippen molar-refractivity contribution in [2.45, 2.75) is 39.2 Å². The van der Waals surface area contributed by atoms with Crippen LogP contribution in [0.2, 0.25) is 10.0 Å². The van der Waals surface area contributed by atoms with Crippen molar-refractivity contribution < 1.29 is 9.59 Å². The highest BCUT2D eigenvalue weighted by molar-refractivity contribution is 6.35. The van der Waals surface area contributed by atoms with Crippen molar-refractivity contribution in [3.8, 4) is 0 Å². The molecule has 1 heterocycles. The van der Waals surface area contributed by atoms with Crippen molar-refractivity contribution in [2.75, 3.05) is 25.0 Å². The van der Waals surface area contributed by atoms with Gasteiger partial charge in [-0.1, -0.05) is 23.2 Å². The molecule has 0 atom stereocenters. The highest BCUT2D eigenvalue weighted by Gasteiger charge is 2.54. The van der Waals surface area contributed by atoms with E-state index in [1.807, 2.05) is 20.8 Å². The van der Waals surface area contributed by atoms with Crippen LogP contribution in [0.3, 0.4) is 0 Å². The summed E-state index contributed by atoms with van der Waals surface area (Å²) in [5.41, 5.74) is 0.626. The summed E-state index contributed by atoms with van der Waals surface area (Å²) in [5.74, 6) is 0.0787. The fraction of sp³-hybridized carbons (Fsp3) is 0.579. The van der Waals surface area contributed by atoms with E-state index in [1.165, 1.54) is 0 Å². The van der Waals surface area contributed by atoms with Gasteiger partial charge in [0.05, 0.1) is 6.54 Å². The topological polar surface area (TPSA) is 61.4 Å². The number of anilines is 1. The molecule has 142 valence electrons. The molecule has 0 unspecified atom stereocenters. The molecule has 3 rings (SSSR count). The van der Waals surface area contributed by atoms with E-state index in [1.54, 1.807) is 18.2 Å². The molecule has 2 fully saturated rings. The Labute approximate surface area is 164 Å². The van der Waals surface area contributed by atoms with Crippen LogP contribution in [0.5, 0.6) is 0 Å². The third kappa shape index (κ3) is 4.70. The van der Waals surface area contributed by atoms with Gasteiger partial charge in [0.25, 0.3) is 0 Å². The lowest BCUT2D eigenvalue weighted by Crippen LogP contribution is -2.65. The number of rotatable bonds is 4. The second kappa shape index (κ2) is 7.02. The molecule has 1 saturated carbocycles. The molecule has 7 heteroatoms. The maximum Gasteiger partial charge on any atom is 0.234 e. The fourth-order valence-corrected chi connectivity index (χ4v) is 4.50. The standard InChI is InChI=1S/C19H25Cl2N3O2/c1-18(2,3)23-16(25)9-24-10-19(11-24)7-12(8-19)17(26)22-15-5-13(20)4-14(21)6-15/h4-6,12H,7-11H2,1-3H3,(H,22,26)(H,23,25). The van der Waals surface area contributed by atoms with Crippen LogP contribution in [-0.4, -0.2) is 41.9 Å². The molecule has 1 spiro atoms. The van der Waals surface area contributed by atoms with Crippen LogP contribution in [0.1, 0.15) is 33.6 Å². The first-order valence-electron chi connectivity index (χ1n) is 8.84. The van der Waals surface area contributed by atoms with Gasteiger partial charge in [0.15, 0.2) is 0 Å². The van der Waals surface area contributed by atoms with Crippen LogP contribution in [0, 0.1) is 11.3 Å². The Hall–Kier alpha value is -1.30. The number of carbonyl (C=O) groups is 2. The van der Waals surface area contributed by atoms with Crippen LogP contribution < -0.4 is 10.6 Å². The third-order valence-corrected chi connectivity index (χ3v) is 5.30. The van der Waals surface area contributed by atoms with E-state index in [4.69, 9.17) is 23.2 Å². The molecule has 0 radical (unpaired) electrons. The Morgan fingerprint density at radius 3 is 2.27 bits per heavy atom. The minimum Gasteiger partial charge on any atom is -0.350 e. The number of nitrogens with zero attached hydrogens (tertiary/aromatic N) is 1. The summed E-state index contributed by atoms with van der Waals surface area (Å²) >= 11 is 11.9. The lowest BCUT2D eigenvalue weighted by atomic mass is 9.57. The van der Waals surface area contributed by atoms with Crippen molar-refractivity contribution >= 4 is 40.7 Å². The normalized spacial score (nSPS) is 19.6. The van der Waals surface area contributed by atoms with Crippen molar-refractivity contribution in [2.24, 2.45) is 11.3 Å². The monoisotopic (exact) mass is 397 g/mol. The van der Waals surface area contributed by atoms with Gasteiger partial charge in [-0.05, 0) is 57.2 Å². The van der Waals surface area contributed by atoms with Gasteiger partial charge in [0.2, 0.25) is 11.8 Å². The smallest absolute Gasteiger partial charge is 0.234 e. The van der Waals surface area contributed by atoms with Gasteiger partial charge >= 0.3 is 0 Å². The number of likely N-dealkylation sites (tertiary alicyclic amines) is 1. The lowest BCUT2D eigenvalue weighted by molar-refractivity contribution is -0.144. The molecule has 2 amide bonds.